The van der Waals surface area contributed by atoms with E-state index in [1.165, 1.54) is 0 Å². The molecule has 0 saturated carbocycles. The molecule has 6 nitrogen and oxygen atoms in total. The van der Waals surface area contributed by atoms with E-state index in [1.54, 1.807) is 12.1 Å². The largest absolute Gasteiger partial charge is 0.455 e. The van der Waals surface area contributed by atoms with E-state index in [0.29, 0.717) is 16.7 Å². The van der Waals surface area contributed by atoms with Gasteiger partial charge >= 0.3 is 0 Å². The fraction of sp³-hybridized carbons (Fsp3) is 0.250. The first-order valence-corrected chi connectivity index (χ1v) is 15.2. The topological polar surface area (TPSA) is 60.6 Å². The molecular formula is C40H40N5O+. The molecule has 0 aliphatic rings. The molecule has 0 aliphatic carbocycles. The van der Waals surface area contributed by atoms with Crippen LogP contribution in [0.2, 0.25) is 0 Å². The van der Waals surface area contributed by atoms with Crippen molar-refractivity contribution in [3.8, 4) is 39.6 Å². The predicted molar refractivity (Wildman–Crippen MR) is 186 cm³/mol. The SMILES string of the molecule is [2H]C([2H])([2H])c1nc(-c2ccc(-c3cc(C([2H])(C)C)c(-n4cc[n+](C)c4-c4c(C)ccc5c4oc4ccccc45)c(C([2H])(C)C)c3)cc2)nc(C([2H])([2H])[2H])n1. The zero-order chi connectivity index (χ0) is 39.1. The molecule has 0 fully saturated rings. The number of aromatic nitrogens is 5. The molecule has 0 saturated heterocycles. The quantitative estimate of drug-likeness (QED) is 0.175. The minimum atomic E-state index is -2.73. The highest BCUT2D eigenvalue weighted by Crippen LogP contribution is 2.41. The van der Waals surface area contributed by atoms with Gasteiger partial charge in [0.05, 0.1) is 7.05 Å². The maximum absolute atomic E-state index is 9.42. The van der Waals surface area contributed by atoms with Crippen molar-refractivity contribution in [2.24, 2.45) is 7.05 Å². The van der Waals surface area contributed by atoms with Crippen molar-refractivity contribution in [1.82, 2.24) is 19.5 Å². The van der Waals surface area contributed by atoms with E-state index in [0.717, 1.165) is 55.7 Å². The number of imidazole rings is 1. The van der Waals surface area contributed by atoms with Crippen LogP contribution in [0.3, 0.4) is 0 Å². The van der Waals surface area contributed by atoms with Gasteiger partial charge in [0.25, 0.3) is 5.82 Å². The van der Waals surface area contributed by atoms with Gasteiger partial charge in [0.2, 0.25) is 0 Å². The van der Waals surface area contributed by atoms with Gasteiger partial charge in [0.15, 0.2) is 11.4 Å². The monoisotopic (exact) mass is 614 g/mol. The number of para-hydroxylation sites is 1. The number of nitrogens with zero attached hydrogens (tertiary/aromatic N) is 5. The van der Waals surface area contributed by atoms with Gasteiger partial charge in [-0.05, 0) is 67.3 Å². The smallest absolute Gasteiger partial charge is 0.297 e. The second kappa shape index (κ2) is 11.4. The molecule has 230 valence electrons. The van der Waals surface area contributed by atoms with E-state index >= 15 is 0 Å². The average molecular weight is 615 g/mol. The van der Waals surface area contributed by atoms with Crippen LogP contribution in [0.15, 0.2) is 89.6 Å². The molecule has 0 aliphatic heterocycles. The van der Waals surface area contributed by atoms with Crippen LogP contribution in [0.5, 0.6) is 0 Å². The predicted octanol–water partition coefficient (Wildman–Crippen LogP) is 9.56. The van der Waals surface area contributed by atoms with Gasteiger partial charge in [-0.1, -0.05) is 82.3 Å². The molecule has 6 heteroatoms. The number of hydrogen-bond donors (Lipinski definition) is 0. The van der Waals surface area contributed by atoms with Crippen molar-refractivity contribution in [2.45, 2.75) is 60.1 Å². The van der Waals surface area contributed by atoms with Crippen molar-refractivity contribution in [2.75, 3.05) is 0 Å². The van der Waals surface area contributed by atoms with Crippen LogP contribution in [0, 0.1) is 20.6 Å². The highest BCUT2D eigenvalue weighted by Gasteiger charge is 2.30. The van der Waals surface area contributed by atoms with Gasteiger partial charge in [-0.3, -0.25) is 0 Å². The van der Waals surface area contributed by atoms with E-state index in [-0.39, 0.29) is 5.82 Å². The van der Waals surface area contributed by atoms with Gasteiger partial charge in [-0.15, -0.1) is 0 Å². The van der Waals surface area contributed by atoms with Crippen LogP contribution < -0.4 is 4.57 Å². The van der Waals surface area contributed by atoms with Crippen molar-refractivity contribution < 1.29 is 20.0 Å². The summed E-state index contributed by atoms with van der Waals surface area (Å²) in [6.07, 6.45) is 3.95. The minimum absolute atomic E-state index is 0.0621. The Bertz CT molecular complexity index is 2500. The number of furan rings is 1. The van der Waals surface area contributed by atoms with E-state index in [9.17, 15) is 2.74 Å². The molecule has 7 aromatic rings. The number of hydrogen-bond acceptors (Lipinski definition) is 4. The van der Waals surface area contributed by atoms with Crippen LogP contribution in [0.4, 0.5) is 0 Å². The summed E-state index contributed by atoms with van der Waals surface area (Å²) < 4.78 is 76.2. The molecule has 0 N–H and O–H groups in total. The van der Waals surface area contributed by atoms with Crippen LogP contribution in [-0.4, -0.2) is 19.5 Å². The van der Waals surface area contributed by atoms with Crippen molar-refractivity contribution in [1.29, 1.82) is 0 Å². The highest BCUT2D eigenvalue weighted by atomic mass is 16.3. The van der Waals surface area contributed by atoms with E-state index in [4.69, 9.17) is 12.6 Å². The Morgan fingerprint density at radius 1 is 0.783 bits per heavy atom. The Morgan fingerprint density at radius 3 is 2.09 bits per heavy atom. The van der Waals surface area contributed by atoms with E-state index in [1.807, 2.05) is 94.2 Å². The van der Waals surface area contributed by atoms with Crippen LogP contribution >= 0.6 is 0 Å². The summed E-state index contributed by atoms with van der Waals surface area (Å²) in [6.45, 7) is 3.93. The lowest BCUT2D eigenvalue weighted by atomic mass is 9.88. The molecule has 0 unspecified atom stereocenters. The lowest BCUT2D eigenvalue weighted by molar-refractivity contribution is -0.659. The first-order chi connectivity index (χ1) is 25.1. The Kier molecular flexibility index (Phi) is 5.34. The summed E-state index contributed by atoms with van der Waals surface area (Å²) in [6, 6.07) is 23.1. The first kappa shape index (κ1) is 21.6. The number of aryl methyl sites for hydroxylation is 4. The Morgan fingerprint density at radius 2 is 1.43 bits per heavy atom. The Labute approximate surface area is 281 Å². The summed E-state index contributed by atoms with van der Waals surface area (Å²) in [7, 11) is 1.98. The summed E-state index contributed by atoms with van der Waals surface area (Å²) in [5.74, 6) is -2.61. The molecule has 7 rings (SSSR count). The number of benzene rings is 4. The van der Waals surface area contributed by atoms with Gasteiger partial charge in [0, 0.05) is 38.4 Å². The molecule has 46 heavy (non-hydrogen) atoms. The number of rotatable bonds is 6. The van der Waals surface area contributed by atoms with E-state index < -0.39 is 37.1 Å². The minimum Gasteiger partial charge on any atom is -0.455 e. The molecule has 0 radical (unpaired) electrons. The summed E-state index contributed by atoms with van der Waals surface area (Å²) in [4.78, 5) is 11.9. The molecule has 3 aromatic heterocycles. The fourth-order valence-corrected chi connectivity index (χ4v) is 6.26. The van der Waals surface area contributed by atoms with Crippen LogP contribution in [0.1, 0.15) is 78.8 Å². The zero-order valence-electron chi connectivity index (χ0n) is 34.7. The maximum atomic E-state index is 9.42. The first-order valence-electron chi connectivity index (χ1n) is 19.2. The highest BCUT2D eigenvalue weighted by molar-refractivity contribution is 6.09. The third kappa shape index (κ3) is 4.98. The summed E-state index contributed by atoms with van der Waals surface area (Å²) in [5, 5.41) is 2.03. The molecule has 0 spiro atoms. The fourth-order valence-electron chi connectivity index (χ4n) is 6.26. The van der Waals surface area contributed by atoms with Crippen molar-refractivity contribution in [3.63, 3.8) is 0 Å². The molecule has 4 aromatic carbocycles. The normalized spacial score (nSPS) is 15.4. The maximum Gasteiger partial charge on any atom is 0.297 e. The molecular weight excluding hydrogens is 566 g/mol. The van der Waals surface area contributed by atoms with Gasteiger partial charge < -0.3 is 4.42 Å². The second-order valence-electron chi connectivity index (χ2n) is 12.1. The standard InChI is InChI=1S/C40H40N5O/c1-23(2)33-21-30(28-14-16-29(17-15-28)39-42-26(6)41-27(7)43-39)22-34(24(3)4)37(33)45-20-19-44(8)40(45)36-25(5)13-18-32-31-11-9-10-12-35(31)46-38(32)36/h9-24H,1-8H3/q+1/i6D3,7D3,23D,24D. The number of fused-ring (bicyclic) bond motifs is 3. The third-order valence-electron chi connectivity index (χ3n) is 8.52. The molecule has 0 bridgehead atoms. The van der Waals surface area contributed by atoms with Crippen LogP contribution in [-0.2, 0) is 7.05 Å². The Hall–Kier alpha value is -5.10. The lowest BCUT2D eigenvalue weighted by Crippen LogP contribution is -2.29. The van der Waals surface area contributed by atoms with Gasteiger partial charge in [0.1, 0.15) is 40.9 Å². The second-order valence-corrected chi connectivity index (χ2v) is 12.1. The summed E-state index contributed by atoms with van der Waals surface area (Å²) >= 11 is 0. The lowest BCUT2D eigenvalue weighted by Gasteiger charge is -2.20. The van der Waals surface area contributed by atoms with Crippen molar-refractivity contribution in [3.05, 3.63) is 114 Å². The molecule has 0 atom stereocenters. The molecule has 3 heterocycles. The average Bonchev–Trinajstić information content (AvgIpc) is 3.66. The Balaban J connectivity index is 1.42. The van der Waals surface area contributed by atoms with Crippen molar-refractivity contribution >= 4 is 21.9 Å². The van der Waals surface area contributed by atoms with Gasteiger partial charge in [-0.25, -0.2) is 19.5 Å². The van der Waals surface area contributed by atoms with E-state index in [2.05, 4.69) is 44.6 Å². The van der Waals surface area contributed by atoms with Crippen LogP contribution in [0.25, 0.3) is 61.5 Å². The molecule has 0 amide bonds. The third-order valence-corrected chi connectivity index (χ3v) is 8.52. The van der Waals surface area contributed by atoms with Gasteiger partial charge in [-0.2, -0.15) is 4.57 Å². The summed E-state index contributed by atoms with van der Waals surface area (Å²) in [5.41, 5.74) is 7.58. The zero-order valence-corrected chi connectivity index (χ0v) is 26.7.